The Kier molecular flexibility index (Phi) is 3.34. The molecule has 0 atom stereocenters. The van der Waals surface area contributed by atoms with Crippen LogP contribution < -0.4 is 4.90 Å². The Morgan fingerprint density at radius 3 is 2.71 bits per heavy atom. The molecule has 3 heterocycles. The first-order valence-electron chi connectivity index (χ1n) is 7.50. The van der Waals surface area contributed by atoms with Crippen LogP contribution in [0, 0.1) is 5.82 Å². The topological polar surface area (TPSA) is 63.9 Å². The Morgan fingerprint density at radius 1 is 1.21 bits per heavy atom. The molecule has 0 unspecified atom stereocenters. The van der Waals surface area contributed by atoms with Crippen molar-refractivity contribution in [1.29, 1.82) is 0 Å². The highest BCUT2D eigenvalue weighted by molar-refractivity contribution is 6.01. The van der Waals surface area contributed by atoms with Crippen molar-refractivity contribution in [2.45, 2.75) is 13.0 Å². The van der Waals surface area contributed by atoms with Crippen molar-refractivity contribution in [1.82, 2.24) is 20.0 Å². The van der Waals surface area contributed by atoms with Gasteiger partial charge in [-0.3, -0.25) is 14.5 Å². The first-order chi connectivity index (χ1) is 11.6. The van der Waals surface area contributed by atoms with Crippen molar-refractivity contribution < 1.29 is 9.18 Å². The zero-order chi connectivity index (χ0) is 16.7. The van der Waals surface area contributed by atoms with Crippen molar-refractivity contribution in [3.05, 3.63) is 59.9 Å². The third-order valence-corrected chi connectivity index (χ3v) is 4.01. The molecule has 120 valence electrons. The molecule has 4 rings (SSSR count). The molecule has 7 heteroatoms. The molecule has 24 heavy (non-hydrogen) atoms. The van der Waals surface area contributed by atoms with Crippen molar-refractivity contribution in [3.8, 4) is 11.1 Å². The van der Waals surface area contributed by atoms with Gasteiger partial charge in [0.05, 0.1) is 24.3 Å². The number of rotatable bonds is 3. The van der Waals surface area contributed by atoms with E-state index in [1.807, 2.05) is 6.07 Å². The van der Waals surface area contributed by atoms with Crippen LogP contribution in [-0.4, -0.2) is 25.9 Å². The average Bonchev–Trinajstić information content (AvgIpc) is 3.12. The molecule has 0 spiro atoms. The minimum atomic E-state index is -0.285. The number of fused-ring (bicyclic) bond motifs is 1. The first-order valence-corrected chi connectivity index (χ1v) is 7.50. The molecule has 0 N–H and O–H groups in total. The number of carbonyl (C=O) groups excluding carboxylic acids is 1. The van der Waals surface area contributed by atoms with Crippen LogP contribution in [0.2, 0.25) is 0 Å². The van der Waals surface area contributed by atoms with E-state index in [1.165, 1.54) is 12.1 Å². The van der Waals surface area contributed by atoms with Crippen LogP contribution in [-0.2, 0) is 24.8 Å². The predicted octanol–water partition coefficient (Wildman–Crippen LogP) is 2.11. The normalized spacial score (nSPS) is 13.4. The van der Waals surface area contributed by atoms with Gasteiger partial charge in [-0.25, -0.2) is 4.39 Å². The van der Waals surface area contributed by atoms with Gasteiger partial charge in [0.25, 0.3) is 0 Å². The van der Waals surface area contributed by atoms with Crippen LogP contribution in [0.5, 0.6) is 0 Å². The highest BCUT2D eigenvalue weighted by Gasteiger charge is 2.29. The number of anilines is 1. The van der Waals surface area contributed by atoms with Crippen molar-refractivity contribution >= 4 is 11.6 Å². The summed E-state index contributed by atoms with van der Waals surface area (Å²) in [5.74, 6) is -0.299. The Hall–Kier alpha value is -3.09. The number of hydrogen-bond acceptors (Lipinski definition) is 4. The zero-order valence-electron chi connectivity index (χ0n) is 13.0. The predicted molar refractivity (Wildman–Crippen MR) is 85.5 cm³/mol. The molecule has 0 saturated heterocycles. The standard InChI is InChI=1S/C17H14FN5O/c1-22-9-14(20-21-22)10-23-16-6-12(8-19-15(16)7-17(23)24)11-2-4-13(18)5-3-11/h2-6,8-9H,7,10H2,1H3. The van der Waals surface area contributed by atoms with E-state index < -0.39 is 0 Å². The van der Waals surface area contributed by atoms with E-state index in [0.717, 1.165) is 22.5 Å². The van der Waals surface area contributed by atoms with Crippen molar-refractivity contribution in [2.75, 3.05) is 4.90 Å². The van der Waals surface area contributed by atoms with Gasteiger partial charge in [-0.2, -0.15) is 0 Å². The Bertz CT molecular complexity index is 919. The Labute approximate surface area is 137 Å². The smallest absolute Gasteiger partial charge is 0.233 e. The summed E-state index contributed by atoms with van der Waals surface area (Å²) >= 11 is 0. The molecule has 0 aliphatic carbocycles. The molecule has 1 aliphatic heterocycles. The average molecular weight is 323 g/mol. The monoisotopic (exact) mass is 323 g/mol. The Morgan fingerprint density at radius 2 is 2.00 bits per heavy atom. The number of amides is 1. The molecule has 6 nitrogen and oxygen atoms in total. The Balaban J connectivity index is 1.69. The van der Waals surface area contributed by atoms with E-state index in [0.29, 0.717) is 12.2 Å². The number of aromatic nitrogens is 4. The van der Waals surface area contributed by atoms with E-state index in [1.54, 1.807) is 41.2 Å². The van der Waals surface area contributed by atoms with Crippen LogP contribution in [0.3, 0.4) is 0 Å². The second kappa shape index (κ2) is 5.52. The van der Waals surface area contributed by atoms with Gasteiger partial charge in [0.1, 0.15) is 11.5 Å². The van der Waals surface area contributed by atoms with Crippen LogP contribution in [0.15, 0.2) is 42.7 Å². The maximum absolute atomic E-state index is 13.1. The minimum Gasteiger partial charge on any atom is -0.304 e. The van der Waals surface area contributed by atoms with Crippen molar-refractivity contribution in [3.63, 3.8) is 0 Å². The zero-order valence-corrected chi connectivity index (χ0v) is 13.0. The maximum atomic E-state index is 13.1. The van der Waals surface area contributed by atoms with E-state index in [9.17, 15) is 9.18 Å². The van der Waals surface area contributed by atoms with Gasteiger partial charge in [0.2, 0.25) is 5.91 Å². The summed E-state index contributed by atoms with van der Waals surface area (Å²) in [6, 6.07) is 8.12. The number of halogens is 1. The summed E-state index contributed by atoms with van der Waals surface area (Å²) in [4.78, 5) is 18.4. The molecule has 1 aliphatic rings. The van der Waals surface area contributed by atoms with Crippen LogP contribution in [0.1, 0.15) is 11.4 Å². The molecule has 1 aromatic carbocycles. The second-order valence-electron chi connectivity index (χ2n) is 5.74. The van der Waals surface area contributed by atoms with Gasteiger partial charge in [-0.15, -0.1) is 5.10 Å². The van der Waals surface area contributed by atoms with Crippen LogP contribution in [0.25, 0.3) is 11.1 Å². The van der Waals surface area contributed by atoms with Gasteiger partial charge in [-0.1, -0.05) is 17.3 Å². The van der Waals surface area contributed by atoms with Crippen LogP contribution in [0.4, 0.5) is 10.1 Å². The summed E-state index contributed by atoms with van der Waals surface area (Å²) in [6.45, 7) is 0.355. The van der Waals surface area contributed by atoms with E-state index in [-0.39, 0.29) is 18.1 Å². The quantitative estimate of drug-likeness (QED) is 0.740. The molecule has 0 saturated carbocycles. The number of nitrogens with zero attached hydrogens (tertiary/aromatic N) is 5. The molecule has 0 radical (unpaired) electrons. The summed E-state index contributed by atoms with van der Waals surface area (Å²) in [7, 11) is 1.78. The van der Waals surface area contributed by atoms with Crippen molar-refractivity contribution in [2.24, 2.45) is 7.05 Å². The number of aryl methyl sites for hydroxylation is 1. The molecular weight excluding hydrogens is 309 g/mol. The molecule has 3 aromatic rings. The third-order valence-electron chi connectivity index (χ3n) is 4.01. The molecular formula is C17H14FN5O. The summed E-state index contributed by atoms with van der Waals surface area (Å²) in [5.41, 5.74) is 3.92. The van der Waals surface area contributed by atoms with Gasteiger partial charge >= 0.3 is 0 Å². The number of carbonyl (C=O) groups is 1. The lowest BCUT2D eigenvalue weighted by molar-refractivity contribution is -0.117. The van der Waals surface area contributed by atoms with Crippen LogP contribution >= 0.6 is 0 Å². The summed E-state index contributed by atoms with van der Waals surface area (Å²) < 4.78 is 14.7. The van der Waals surface area contributed by atoms with Gasteiger partial charge < -0.3 is 4.90 Å². The fraction of sp³-hybridized carbons (Fsp3) is 0.176. The highest BCUT2D eigenvalue weighted by Crippen LogP contribution is 2.32. The van der Waals surface area contributed by atoms with Gasteiger partial charge in [-0.05, 0) is 23.8 Å². The fourth-order valence-electron chi connectivity index (χ4n) is 2.83. The van der Waals surface area contributed by atoms with Gasteiger partial charge in [0.15, 0.2) is 0 Å². The lowest BCUT2D eigenvalue weighted by Crippen LogP contribution is -2.26. The third kappa shape index (κ3) is 2.54. The fourth-order valence-corrected chi connectivity index (χ4v) is 2.83. The molecule has 1 amide bonds. The molecule has 2 aromatic heterocycles. The largest absolute Gasteiger partial charge is 0.304 e. The molecule has 0 fully saturated rings. The number of pyridine rings is 1. The summed E-state index contributed by atoms with van der Waals surface area (Å²) in [5, 5.41) is 7.92. The first kappa shape index (κ1) is 14.5. The molecule has 0 bridgehead atoms. The summed E-state index contributed by atoms with van der Waals surface area (Å²) in [6.07, 6.45) is 3.77. The number of benzene rings is 1. The van der Waals surface area contributed by atoms with E-state index in [2.05, 4.69) is 15.3 Å². The second-order valence-corrected chi connectivity index (χ2v) is 5.74. The lowest BCUT2D eigenvalue weighted by Gasteiger charge is -2.16. The lowest BCUT2D eigenvalue weighted by atomic mass is 10.1. The number of hydrogen-bond donors (Lipinski definition) is 0. The van der Waals surface area contributed by atoms with E-state index in [4.69, 9.17) is 0 Å². The highest BCUT2D eigenvalue weighted by atomic mass is 19.1. The minimum absolute atomic E-state index is 0.0144. The van der Waals surface area contributed by atoms with Gasteiger partial charge in [0, 0.05) is 25.0 Å². The SMILES string of the molecule is Cn1cc(CN2C(=O)Cc3ncc(-c4ccc(F)cc4)cc32)nn1. The maximum Gasteiger partial charge on any atom is 0.233 e. The van der Waals surface area contributed by atoms with E-state index >= 15 is 0 Å².